The largest absolute Gasteiger partial charge is 0.481 e. The Morgan fingerprint density at radius 3 is 1.35 bits per heavy atom. The first kappa shape index (κ1) is 70.3. The highest BCUT2D eigenvalue weighted by Crippen LogP contribution is 2.42. The van der Waals surface area contributed by atoms with Crippen LogP contribution in [-0.4, -0.2) is 107 Å². The van der Waals surface area contributed by atoms with E-state index in [9.17, 15) is 14.7 Å². The van der Waals surface area contributed by atoms with Crippen molar-refractivity contribution in [1.29, 1.82) is 0 Å². The molecule has 488 valence electrons. The standard InChI is InChI=1S/C34H44N4O4.C28H35N3O5.C17H4/c1-21-14-22(2)16-25(15-21)31-30(23(3)18-35-13-12-24-6-11-28-29(17-24)42-20-41-28)32(37-36-31)40-19-34(4,5)33(39)38-26-7-8-27(38)10-9-26;1-17-10-18(2)12-21(11-17)25-24(26(31-30-25)34-15-28(4,5)27(32)33)19(3)14-29-9-8-20-6-7-22-23(13-20)36-16-35-22;1-3-5-7-9-11-13-15-17-16-14-12-10-8-6-4-2/h6,11,14-17,23,26-27,35H,7-10,12-13,18-20H2,1-5H3,(H,36,37);6-7,10-13,19,29H,8-9,14-16H2,1-5H3,(H,30,31)(H,32,33);1H,2H3/t23-,26?,27?;19-;/m11./s1. The molecule has 2 fully saturated rings. The minimum atomic E-state index is -1.03. The molecule has 10 rings (SSSR count). The third-order valence-corrected chi connectivity index (χ3v) is 16.4. The zero-order valence-corrected chi connectivity index (χ0v) is 56.3. The van der Waals surface area contributed by atoms with E-state index in [1.165, 1.54) is 22.3 Å². The molecular formula is C79H83N7O9. The van der Waals surface area contributed by atoms with E-state index in [0.29, 0.717) is 30.4 Å². The number of aromatic nitrogens is 4. The number of benzene rings is 4. The average Bonchev–Trinajstić information content (AvgIpc) is 1.66. The summed E-state index contributed by atoms with van der Waals surface area (Å²) in [5, 5.41) is 32.2. The number of terminal acetylenes is 1. The average molecular weight is 1270 g/mol. The second-order valence-electron chi connectivity index (χ2n) is 25.3. The van der Waals surface area contributed by atoms with E-state index in [1.54, 1.807) is 20.8 Å². The molecule has 0 unspecified atom stereocenters. The Morgan fingerprint density at radius 1 is 0.579 bits per heavy atom. The summed E-state index contributed by atoms with van der Waals surface area (Å²) in [6, 6.07) is 25.9. The summed E-state index contributed by atoms with van der Waals surface area (Å²) in [5.41, 5.74) is 11.5. The number of nitrogens with one attached hydrogen (secondary N) is 4. The molecule has 4 aromatic carbocycles. The number of carboxylic acids is 1. The molecule has 2 bridgehead atoms. The quantitative estimate of drug-likeness (QED) is 0.0319. The number of ether oxygens (including phenoxy) is 6. The number of aliphatic carboxylic acids is 1. The van der Waals surface area contributed by atoms with Gasteiger partial charge >= 0.3 is 5.97 Å². The number of fused-ring (bicyclic) bond motifs is 4. The summed E-state index contributed by atoms with van der Waals surface area (Å²) in [4.78, 5) is 27.4. The minimum absolute atomic E-state index is 0.0245. The highest BCUT2D eigenvalue weighted by molar-refractivity contribution is 5.83. The van der Waals surface area contributed by atoms with Crippen LogP contribution in [0.5, 0.6) is 34.8 Å². The van der Waals surface area contributed by atoms with Crippen molar-refractivity contribution in [2.75, 3.05) is 53.0 Å². The topological polar surface area (TPSA) is 194 Å². The van der Waals surface area contributed by atoms with E-state index in [1.807, 2.05) is 32.0 Å². The van der Waals surface area contributed by atoms with Crippen molar-refractivity contribution in [2.45, 2.75) is 139 Å². The zero-order chi connectivity index (χ0) is 67.9. The van der Waals surface area contributed by atoms with E-state index >= 15 is 0 Å². The number of aromatic amines is 2. The Labute approximate surface area is 560 Å². The first-order valence-corrected chi connectivity index (χ1v) is 32.0. The smallest absolute Gasteiger partial charge is 0.312 e. The highest BCUT2D eigenvalue weighted by Gasteiger charge is 2.47. The number of carbonyl (C=O) groups is 2. The fourth-order valence-electron chi connectivity index (χ4n) is 11.6. The minimum Gasteiger partial charge on any atom is -0.481 e. The highest BCUT2D eigenvalue weighted by atomic mass is 16.7. The van der Waals surface area contributed by atoms with Crippen LogP contribution in [0.2, 0.25) is 0 Å². The molecule has 1 amide bonds. The number of aryl methyl sites for hydroxylation is 4. The molecule has 2 saturated heterocycles. The van der Waals surface area contributed by atoms with Crippen LogP contribution in [0.1, 0.15) is 130 Å². The van der Waals surface area contributed by atoms with Gasteiger partial charge in [-0.2, -0.15) is 0 Å². The maximum atomic E-state index is 13.6. The lowest BCUT2D eigenvalue weighted by Gasteiger charge is -2.32. The van der Waals surface area contributed by atoms with Gasteiger partial charge in [-0.3, -0.25) is 19.8 Å². The second kappa shape index (κ2) is 33.8. The monoisotopic (exact) mass is 1270 g/mol. The number of carboxylic acid groups (broad SMARTS) is 1. The van der Waals surface area contributed by atoms with Gasteiger partial charge in [-0.1, -0.05) is 66.3 Å². The third kappa shape index (κ3) is 19.7. The van der Waals surface area contributed by atoms with Crippen molar-refractivity contribution in [3.63, 3.8) is 0 Å². The fraction of sp³-hybridized carbons (Fsp3) is 0.392. The maximum Gasteiger partial charge on any atom is 0.312 e. The molecule has 4 aliphatic rings. The van der Waals surface area contributed by atoms with E-state index < -0.39 is 16.8 Å². The first-order chi connectivity index (χ1) is 45.7. The Balaban J connectivity index is 0.000000199. The maximum absolute atomic E-state index is 13.6. The van der Waals surface area contributed by atoms with Gasteiger partial charge in [-0.25, -0.2) is 0 Å². The molecule has 16 heteroatoms. The Bertz CT molecular complexity index is 4210. The predicted octanol–water partition coefficient (Wildman–Crippen LogP) is 11.4. The molecule has 6 aromatic rings. The summed E-state index contributed by atoms with van der Waals surface area (Å²) < 4.78 is 34.3. The van der Waals surface area contributed by atoms with Crippen LogP contribution in [-0.2, 0) is 22.4 Å². The van der Waals surface area contributed by atoms with Crippen molar-refractivity contribution in [1.82, 2.24) is 35.9 Å². The van der Waals surface area contributed by atoms with Crippen LogP contribution < -0.4 is 39.1 Å². The molecule has 0 spiro atoms. The normalized spacial score (nSPS) is 14.6. The molecule has 6 heterocycles. The SMILES string of the molecule is C#CC#CC#CC#CC#CC#CC#CC#CC.Cc1cc(C)cc(-c2[nH]nc(OCC(C)(C)C(=O)N3C4CCC3CC4)c2[C@H](C)CNCCc2ccc3c(c2)OCO3)c1.Cc1cc(C)cc(-c2[nH]nc(OCC(C)(C)C(=O)O)c2[C@H](C)CNCCc2ccc3c(c2)OCO3)c1. The number of hydrogen-bond donors (Lipinski definition) is 5. The second-order valence-corrected chi connectivity index (χ2v) is 25.3. The number of rotatable bonds is 22. The molecule has 0 radical (unpaired) electrons. The number of amides is 1. The number of nitrogens with zero attached hydrogens (tertiary/aromatic N) is 3. The lowest BCUT2D eigenvalue weighted by atomic mass is 9.92. The van der Waals surface area contributed by atoms with E-state index in [0.717, 1.165) is 126 Å². The van der Waals surface area contributed by atoms with E-state index in [-0.39, 0.29) is 44.5 Å². The van der Waals surface area contributed by atoms with Crippen molar-refractivity contribution in [3.8, 4) is 153 Å². The van der Waals surface area contributed by atoms with Crippen LogP contribution in [0.25, 0.3) is 22.5 Å². The molecule has 2 atom stereocenters. The molecular weight excluding hydrogens is 1190 g/mol. The third-order valence-electron chi connectivity index (χ3n) is 16.4. The summed E-state index contributed by atoms with van der Waals surface area (Å²) in [7, 11) is 0. The molecule has 2 aromatic heterocycles. The van der Waals surface area contributed by atoms with Gasteiger partial charge in [0.15, 0.2) is 23.0 Å². The van der Waals surface area contributed by atoms with Crippen LogP contribution >= 0.6 is 0 Å². The van der Waals surface area contributed by atoms with Gasteiger partial charge in [0, 0.05) is 59.3 Å². The van der Waals surface area contributed by atoms with Gasteiger partial charge in [0.25, 0.3) is 0 Å². The first-order valence-electron chi connectivity index (χ1n) is 32.0. The zero-order valence-electron chi connectivity index (χ0n) is 56.3. The molecule has 5 N–H and O–H groups in total. The van der Waals surface area contributed by atoms with Crippen LogP contribution in [0.3, 0.4) is 0 Å². The van der Waals surface area contributed by atoms with Crippen molar-refractivity contribution < 1.29 is 43.1 Å². The van der Waals surface area contributed by atoms with Crippen LogP contribution in [0, 0.1) is 134 Å². The summed E-state index contributed by atoms with van der Waals surface area (Å²) >= 11 is 0. The van der Waals surface area contributed by atoms with Gasteiger partial charge in [0.2, 0.25) is 31.3 Å². The van der Waals surface area contributed by atoms with Crippen molar-refractivity contribution in [3.05, 3.63) is 117 Å². The molecule has 16 nitrogen and oxygen atoms in total. The van der Waals surface area contributed by atoms with Gasteiger partial charge < -0.3 is 49.1 Å². The van der Waals surface area contributed by atoms with Gasteiger partial charge in [0.05, 0.1) is 22.2 Å². The lowest BCUT2D eigenvalue weighted by molar-refractivity contribution is -0.148. The molecule has 95 heavy (non-hydrogen) atoms. The Morgan fingerprint density at radius 2 is 0.958 bits per heavy atom. The van der Waals surface area contributed by atoms with Crippen molar-refractivity contribution >= 4 is 11.9 Å². The predicted molar refractivity (Wildman–Crippen MR) is 370 cm³/mol. The molecule has 0 aliphatic carbocycles. The number of hydrogen-bond acceptors (Lipinski definition) is 12. The summed E-state index contributed by atoms with van der Waals surface area (Å²) in [5.74, 6) is 40.6. The summed E-state index contributed by atoms with van der Waals surface area (Å²) in [6.45, 7) is 25.7. The van der Waals surface area contributed by atoms with Gasteiger partial charge in [0.1, 0.15) is 13.2 Å². The number of H-pyrrole nitrogens is 2. The van der Waals surface area contributed by atoms with Gasteiger partial charge in [-0.15, -0.1) is 16.6 Å². The van der Waals surface area contributed by atoms with E-state index in [4.69, 9.17) is 34.8 Å². The van der Waals surface area contributed by atoms with Gasteiger partial charge in [-0.05, 0) is 256 Å². The lowest BCUT2D eigenvalue weighted by Crippen LogP contribution is -2.46. The summed E-state index contributed by atoms with van der Waals surface area (Å²) in [6.07, 6.45) is 11.2. The Hall–Kier alpha value is -10.6. The molecule has 4 aliphatic heterocycles. The van der Waals surface area contributed by atoms with Crippen molar-refractivity contribution in [2.24, 2.45) is 10.8 Å². The van der Waals surface area contributed by atoms with Crippen LogP contribution in [0.4, 0.5) is 0 Å². The number of carbonyl (C=O) groups excluding carboxylic acids is 1. The van der Waals surface area contributed by atoms with E-state index in [2.05, 4.69) is 221 Å². The Kier molecular flexibility index (Phi) is 25.1. The molecule has 0 saturated carbocycles. The van der Waals surface area contributed by atoms with Crippen LogP contribution in [0.15, 0.2) is 72.8 Å². The fourth-order valence-corrected chi connectivity index (χ4v) is 11.6.